The molecule has 0 fully saturated rings. The molecule has 0 aliphatic carbocycles. The summed E-state index contributed by atoms with van der Waals surface area (Å²) in [7, 11) is 1.99. The number of benzene rings is 1. The normalized spacial score (nSPS) is 12.2. The third-order valence-corrected chi connectivity index (χ3v) is 2.71. The summed E-state index contributed by atoms with van der Waals surface area (Å²) in [6.07, 6.45) is 1.42. The van der Waals surface area contributed by atoms with Crippen LogP contribution in [0.1, 0.15) is 26.7 Å². The van der Waals surface area contributed by atoms with E-state index in [1.165, 1.54) is 0 Å². The van der Waals surface area contributed by atoms with Crippen LogP contribution in [0.3, 0.4) is 0 Å². The maximum Gasteiger partial charge on any atom is 0.123 e. The number of rotatable bonds is 7. The van der Waals surface area contributed by atoms with Crippen LogP contribution in [0, 0.1) is 0 Å². The first kappa shape index (κ1) is 14.6. The lowest BCUT2D eigenvalue weighted by Gasteiger charge is -2.21. The first-order valence-electron chi connectivity index (χ1n) is 6.45. The molecule has 1 atom stereocenters. The molecule has 4 nitrogen and oxygen atoms in total. The van der Waals surface area contributed by atoms with Gasteiger partial charge in [-0.15, -0.1) is 0 Å². The molecule has 18 heavy (non-hydrogen) atoms. The van der Waals surface area contributed by atoms with Crippen LogP contribution in [-0.2, 0) is 0 Å². The van der Waals surface area contributed by atoms with Gasteiger partial charge in [0.15, 0.2) is 0 Å². The number of ether oxygens (including phenoxy) is 1. The quantitative estimate of drug-likeness (QED) is 0.731. The lowest BCUT2D eigenvalue weighted by molar-refractivity contribution is 0.187. The van der Waals surface area contributed by atoms with Gasteiger partial charge in [-0.05, 0) is 25.8 Å². The fraction of sp³-hybridized carbons (Fsp3) is 0.571. The highest BCUT2D eigenvalue weighted by Crippen LogP contribution is 2.25. The highest BCUT2D eigenvalue weighted by molar-refractivity contribution is 5.60. The number of nitrogens with two attached hydrogens (primary N) is 1. The molecule has 0 saturated carbocycles. The third-order valence-electron chi connectivity index (χ3n) is 2.71. The summed E-state index contributed by atoms with van der Waals surface area (Å²) in [5.74, 6) is 0.802. The first-order valence-corrected chi connectivity index (χ1v) is 6.45. The molecule has 102 valence electrons. The predicted octanol–water partition coefficient (Wildman–Crippen LogP) is 2.26. The van der Waals surface area contributed by atoms with Crippen LogP contribution in [0.4, 0.5) is 11.4 Å². The molecule has 3 N–H and O–H groups in total. The largest absolute Gasteiger partial charge is 0.493 e. The highest BCUT2D eigenvalue weighted by atomic mass is 16.5. The summed E-state index contributed by atoms with van der Waals surface area (Å²) in [5, 5.41) is 9.30. The first-order chi connectivity index (χ1) is 8.52. The standard InChI is InChI=1S/C14H24N2O2/c1-4-7-18-14-9-12(15)8-13(10-14)16(3)6-5-11(2)17/h8-11,17H,4-7,15H2,1-3H3. The second-order valence-electron chi connectivity index (χ2n) is 4.67. The molecule has 0 spiro atoms. The van der Waals surface area contributed by atoms with E-state index in [1.54, 1.807) is 6.92 Å². The zero-order valence-corrected chi connectivity index (χ0v) is 11.5. The van der Waals surface area contributed by atoms with Crippen LogP contribution in [0.5, 0.6) is 5.75 Å². The maximum absolute atomic E-state index is 9.30. The van der Waals surface area contributed by atoms with Crippen molar-refractivity contribution in [2.24, 2.45) is 0 Å². The zero-order valence-electron chi connectivity index (χ0n) is 11.5. The Hall–Kier alpha value is -1.42. The number of aliphatic hydroxyl groups is 1. The highest BCUT2D eigenvalue weighted by Gasteiger charge is 2.06. The van der Waals surface area contributed by atoms with Gasteiger partial charge >= 0.3 is 0 Å². The Morgan fingerprint density at radius 1 is 1.39 bits per heavy atom. The summed E-state index contributed by atoms with van der Waals surface area (Å²) in [5.41, 5.74) is 7.58. The molecule has 4 heteroatoms. The van der Waals surface area contributed by atoms with Gasteiger partial charge in [0.05, 0.1) is 12.7 Å². The lowest BCUT2D eigenvalue weighted by Crippen LogP contribution is -2.21. The molecule has 1 unspecified atom stereocenters. The molecule has 0 heterocycles. The van der Waals surface area contributed by atoms with E-state index >= 15 is 0 Å². The van der Waals surface area contributed by atoms with Gasteiger partial charge in [-0.25, -0.2) is 0 Å². The summed E-state index contributed by atoms with van der Waals surface area (Å²) in [6, 6.07) is 5.73. The third kappa shape index (κ3) is 4.84. The minimum absolute atomic E-state index is 0.288. The Morgan fingerprint density at radius 3 is 2.72 bits per heavy atom. The van der Waals surface area contributed by atoms with Gasteiger partial charge in [0.25, 0.3) is 0 Å². The Labute approximate surface area is 109 Å². The van der Waals surface area contributed by atoms with Crippen molar-refractivity contribution in [1.82, 2.24) is 0 Å². The van der Waals surface area contributed by atoms with E-state index in [2.05, 4.69) is 11.8 Å². The summed E-state index contributed by atoms with van der Waals surface area (Å²) < 4.78 is 5.60. The van der Waals surface area contributed by atoms with Crippen LogP contribution in [0.2, 0.25) is 0 Å². The number of anilines is 2. The molecule has 0 aromatic heterocycles. The van der Waals surface area contributed by atoms with E-state index in [-0.39, 0.29) is 6.10 Å². The molecule has 1 aromatic carbocycles. The number of hydrogen-bond acceptors (Lipinski definition) is 4. The van der Waals surface area contributed by atoms with Gasteiger partial charge < -0.3 is 20.5 Å². The zero-order chi connectivity index (χ0) is 13.5. The molecule has 0 aliphatic heterocycles. The molecule has 0 amide bonds. The minimum Gasteiger partial charge on any atom is -0.493 e. The summed E-state index contributed by atoms with van der Waals surface area (Å²) >= 11 is 0. The van der Waals surface area contributed by atoms with Crippen molar-refractivity contribution in [2.75, 3.05) is 30.8 Å². The average Bonchev–Trinajstić information content (AvgIpc) is 2.32. The van der Waals surface area contributed by atoms with Crippen molar-refractivity contribution >= 4 is 11.4 Å². The van der Waals surface area contributed by atoms with Crippen molar-refractivity contribution in [3.63, 3.8) is 0 Å². The minimum atomic E-state index is -0.288. The van der Waals surface area contributed by atoms with Crippen molar-refractivity contribution in [2.45, 2.75) is 32.8 Å². The van der Waals surface area contributed by atoms with Gasteiger partial charge in [0, 0.05) is 37.1 Å². The fourth-order valence-electron chi connectivity index (χ4n) is 1.64. The molecular weight excluding hydrogens is 228 g/mol. The van der Waals surface area contributed by atoms with Gasteiger partial charge in [0.2, 0.25) is 0 Å². The summed E-state index contributed by atoms with van der Waals surface area (Å²) in [4.78, 5) is 2.07. The molecule has 1 aromatic rings. The van der Waals surface area contributed by atoms with E-state index in [9.17, 15) is 5.11 Å². The molecule has 1 rings (SSSR count). The van der Waals surface area contributed by atoms with Crippen molar-refractivity contribution in [3.05, 3.63) is 18.2 Å². The van der Waals surface area contributed by atoms with E-state index in [1.807, 2.05) is 25.2 Å². The Bertz CT molecular complexity index is 367. The van der Waals surface area contributed by atoms with E-state index in [4.69, 9.17) is 10.5 Å². The molecular formula is C14H24N2O2. The number of nitrogens with zero attached hydrogens (tertiary/aromatic N) is 1. The number of nitrogen functional groups attached to an aromatic ring is 1. The van der Waals surface area contributed by atoms with Gasteiger partial charge in [0.1, 0.15) is 5.75 Å². The maximum atomic E-state index is 9.30. The average molecular weight is 252 g/mol. The Kier molecular flexibility index (Phi) is 5.78. The molecule has 0 bridgehead atoms. The Balaban J connectivity index is 2.71. The molecule has 0 aliphatic rings. The van der Waals surface area contributed by atoms with E-state index in [0.717, 1.165) is 30.8 Å². The van der Waals surface area contributed by atoms with Crippen LogP contribution in [-0.4, -0.2) is 31.4 Å². The fourth-order valence-corrected chi connectivity index (χ4v) is 1.64. The van der Waals surface area contributed by atoms with Crippen LogP contribution in [0.15, 0.2) is 18.2 Å². The number of hydrogen-bond donors (Lipinski definition) is 2. The van der Waals surface area contributed by atoms with Gasteiger partial charge in [-0.1, -0.05) is 6.92 Å². The van der Waals surface area contributed by atoms with Crippen molar-refractivity contribution < 1.29 is 9.84 Å². The van der Waals surface area contributed by atoms with Gasteiger partial charge in [-0.2, -0.15) is 0 Å². The van der Waals surface area contributed by atoms with E-state index < -0.39 is 0 Å². The molecule has 0 saturated heterocycles. The van der Waals surface area contributed by atoms with Crippen LogP contribution in [0.25, 0.3) is 0 Å². The van der Waals surface area contributed by atoms with Crippen LogP contribution < -0.4 is 15.4 Å². The van der Waals surface area contributed by atoms with Crippen LogP contribution >= 0.6 is 0 Å². The number of aliphatic hydroxyl groups excluding tert-OH is 1. The summed E-state index contributed by atoms with van der Waals surface area (Å²) in [6.45, 7) is 5.35. The van der Waals surface area contributed by atoms with Gasteiger partial charge in [-0.3, -0.25) is 0 Å². The smallest absolute Gasteiger partial charge is 0.123 e. The second-order valence-corrected chi connectivity index (χ2v) is 4.67. The second kappa shape index (κ2) is 7.11. The molecule has 0 radical (unpaired) electrons. The van der Waals surface area contributed by atoms with Crippen molar-refractivity contribution in [1.29, 1.82) is 0 Å². The topological polar surface area (TPSA) is 58.7 Å². The monoisotopic (exact) mass is 252 g/mol. The lowest BCUT2D eigenvalue weighted by atomic mass is 10.2. The van der Waals surface area contributed by atoms with Crippen molar-refractivity contribution in [3.8, 4) is 5.75 Å². The predicted molar refractivity (Wildman–Crippen MR) is 76.2 cm³/mol. The Morgan fingerprint density at radius 2 is 2.11 bits per heavy atom. The van der Waals surface area contributed by atoms with E-state index in [0.29, 0.717) is 12.3 Å². The SMILES string of the molecule is CCCOc1cc(N)cc(N(C)CCC(C)O)c1.